The van der Waals surface area contributed by atoms with Crippen LogP contribution in [0.25, 0.3) is 0 Å². The van der Waals surface area contributed by atoms with Gasteiger partial charge in [0.15, 0.2) is 6.10 Å². The van der Waals surface area contributed by atoms with E-state index in [0.29, 0.717) is 32.4 Å². The van der Waals surface area contributed by atoms with E-state index in [0.717, 1.165) is 0 Å². The fraction of sp³-hybridized carbons (Fsp3) is 0.818. The summed E-state index contributed by atoms with van der Waals surface area (Å²) in [6.07, 6.45) is 0.940. The van der Waals surface area contributed by atoms with E-state index in [4.69, 9.17) is 15.6 Å². The van der Waals surface area contributed by atoms with E-state index in [-0.39, 0.29) is 17.9 Å². The molecule has 4 N–H and O–H groups in total. The van der Waals surface area contributed by atoms with Gasteiger partial charge in [0.2, 0.25) is 5.91 Å². The van der Waals surface area contributed by atoms with Gasteiger partial charge < -0.3 is 20.9 Å². The van der Waals surface area contributed by atoms with Gasteiger partial charge >= 0.3 is 5.97 Å². The number of amides is 1. The van der Waals surface area contributed by atoms with Gasteiger partial charge in [0, 0.05) is 19.0 Å². The highest BCUT2D eigenvalue weighted by Gasteiger charge is 2.30. The summed E-state index contributed by atoms with van der Waals surface area (Å²) >= 11 is 0. The third kappa shape index (κ3) is 3.98. The number of hydrogen-bond donors (Lipinski definition) is 3. The Labute approximate surface area is 101 Å². The zero-order valence-electron chi connectivity index (χ0n) is 10.0. The molecule has 0 bridgehead atoms. The van der Waals surface area contributed by atoms with E-state index < -0.39 is 12.1 Å². The summed E-state index contributed by atoms with van der Waals surface area (Å²) < 4.78 is 5.27. The first-order valence-electron chi connectivity index (χ1n) is 5.94. The normalized spacial score (nSPS) is 25.5. The van der Waals surface area contributed by atoms with Crippen molar-refractivity contribution in [1.29, 1.82) is 0 Å². The molecule has 6 heteroatoms. The highest BCUT2D eigenvalue weighted by molar-refractivity contribution is 5.78. The minimum Gasteiger partial charge on any atom is -0.479 e. The third-order valence-corrected chi connectivity index (χ3v) is 3.04. The summed E-state index contributed by atoms with van der Waals surface area (Å²) in [5.41, 5.74) is 5.46. The molecule has 17 heavy (non-hydrogen) atoms. The first-order valence-corrected chi connectivity index (χ1v) is 5.94. The first-order chi connectivity index (χ1) is 8.08. The van der Waals surface area contributed by atoms with Gasteiger partial charge in [-0.05, 0) is 19.3 Å². The molecule has 0 spiro atoms. The molecule has 1 fully saturated rings. The Balaban J connectivity index is 2.28. The van der Waals surface area contributed by atoms with Crippen molar-refractivity contribution < 1.29 is 19.4 Å². The van der Waals surface area contributed by atoms with Crippen LogP contribution in [-0.2, 0) is 14.3 Å². The summed E-state index contributed by atoms with van der Waals surface area (Å²) in [7, 11) is 0. The molecule has 0 aliphatic carbocycles. The summed E-state index contributed by atoms with van der Waals surface area (Å²) in [4.78, 5) is 22.3. The van der Waals surface area contributed by atoms with Gasteiger partial charge in [0.05, 0.1) is 6.10 Å². The molecule has 1 heterocycles. The van der Waals surface area contributed by atoms with Crippen LogP contribution in [0.2, 0.25) is 0 Å². The van der Waals surface area contributed by atoms with E-state index in [1.807, 2.05) is 6.92 Å². The fourth-order valence-electron chi connectivity index (χ4n) is 1.86. The molecule has 3 atom stereocenters. The van der Waals surface area contributed by atoms with Crippen molar-refractivity contribution in [2.24, 2.45) is 11.7 Å². The molecule has 1 aliphatic rings. The number of carbonyl (C=O) groups is 2. The van der Waals surface area contributed by atoms with Crippen molar-refractivity contribution in [1.82, 2.24) is 5.32 Å². The van der Waals surface area contributed by atoms with E-state index in [9.17, 15) is 9.59 Å². The fourth-order valence-corrected chi connectivity index (χ4v) is 1.86. The van der Waals surface area contributed by atoms with Crippen molar-refractivity contribution >= 4 is 11.9 Å². The summed E-state index contributed by atoms with van der Waals surface area (Å²) in [5.74, 6) is -1.20. The second-order valence-corrected chi connectivity index (χ2v) is 4.25. The Bertz CT molecular complexity index is 279. The summed E-state index contributed by atoms with van der Waals surface area (Å²) in [5, 5.41) is 11.5. The molecular weight excluding hydrogens is 224 g/mol. The number of rotatable bonds is 6. The molecule has 0 radical (unpaired) electrons. The quantitative estimate of drug-likeness (QED) is 0.596. The summed E-state index contributed by atoms with van der Waals surface area (Å²) in [6.45, 7) is 2.59. The highest BCUT2D eigenvalue weighted by Crippen LogP contribution is 2.19. The van der Waals surface area contributed by atoms with E-state index in [1.165, 1.54) is 0 Å². The molecule has 1 amide bonds. The molecule has 0 saturated carbocycles. The maximum Gasteiger partial charge on any atom is 0.332 e. The van der Waals surface area contributed by atoms with E-state index in [2.05, 4.69) is 5.32 Å². The van der Waals surface area contributed by atoms with Crippen LogP contribution in [-0.4, -0.2) is 42.3 Å². The maximum absolute atomic E-state index is 11.6. The van der Waals surface area contributed by atoms with Crippen LogP contribution >= 0.6 is 0 Å². The zero-order chi connectivity index (χ0) is 12.8. The number of carboxylic acid groups (broad SMARTS) is 1. The van der Waals surface area contributed by atoms with Crippen LogP contribution in [0.15, 0.2) is 0 Å². The van der Waals surface area contributed by atoms with Crippen LogP contribution in [0.3, 0.4) is 0 Å². The summed E-state index contributed by atoms with van der Waals surface area (Å²) in [6, 6.07) is 0. The van der Waals surface area contributed by atoms with Gasteiger partial charge in [-0.2, -0.15) is 0 Å². The van der Waals surface area contributed by atoms with Crippen LogP contribution in [0.1, 0.15) is 26.2 Å². The molecule has 3 unspecified atom stereocenters. The Morgan fingerprint density at radius 1 is 1.53 bits per heavy atom. The molecule has 0 aromatic rings. The van der Waals surface area contributed by atoms with Crippen LogP contribution in [0, 0.1) is 5.92 Å². The van der Waals surface area contributed by atoms with Crippen molar-refractivity contribution in [3.63, 3.8) is 0 Å². The van der Waals surface area contributed by atoms with Crippen LogP contribution in [0.4, 0.5) is 0 Å². The number of carbonyl (C=O) groups excluding carboxylic acids is 1. The average molecular weight is 244 g/mol. The minimum absolute atomic E-state index is 0.0858. The maximum atomic E-state index is 11.6. The lowest BCUT2D eigenvalue weighted by atomic mass is 10.1. The van der Waals surface area contributed by atoms with E-state index >= 15 is 0 Å². The molecule has 6 nitrogen and oxygen atoms in total. The van der Waals surface area contributed by atoms with Gasteiger partial charge in [-0.3, -0.25) is 4.79 Å². The van der Waals surface area contributed by atoms with Gasteiger partial charge in [-0.25, -0.2) is 4.79 Å². The standard InChI is InChI=1S/C11H20N2O4/c1-2-7(5-12)10(14)13-6-8-3-4-9(17-8)11(15)16/h7-9H,2-6,12H2,1H3,(H,13,14)(H,15,16). The smallest absolute Gasteiger partial charge is 0.332 e. The zero-order valence-corrected chi connectivity index (χ0v) is 10.0. The number of nitrogens with one attached hydrogen (secondary N) is 1. The second kappa shape index (κ2) is 6.56. The van der Waals surface area contributed by atoms with Crippen molar-refractivity contribution in [2.75, 3.05) is 13.1 Å². The van der Waals surface area contributed by atoms with Crippen molar-refractivity contribution in [2.45, 2.75) is 38.4 Å². The molecule has 0 aromatic carbocycles. The lowest BCUT2D eigenvalue weighted by Gasteiger charge is -2.16. The molecule has 1 rings (SSSR count). The van der Waals surface area contributed by atoms with Gasteiger partial charge in [-0.1, -0.05) is 6.92 Å². The first kappa shape index (κ1) is 13.9. The van der Waals surface area contributed by atoms with E-state index in [1.54, 1.807) is 0 Å². The average Bonchev–Trinajstić information content (AvgIpc) is 2.76. The largest absolute Gasteiger partial charge is 0.479 e. The number of carboxylic acids is 1. The van der Waals surface area contributed by atoms with Gasteiger partial charge in [0.1, 0.15) is 0 Å². The predicted octanol–water partition coefficient (Wildman–Crippen LogP) is -0.280. The molecule has 1 aliphatic heterocycles. The second-order valence-electron chi connectivity index (χ2n) is 4.25. The van der Waals surface area contributed by atoms with Crippen molar-refractivity contribution in [3.8, 4) is 0 Å². The Kier molecular flexibility index (Phi) is 5.37. The highest BCUT2D eigenvalue weighted by atomic mass is 16.5. The topological polar surface area (TPSA) is 102 Å². The monoisotopic (exact) mass is 244 g/mol. The third-order valence-electron chi connectivity index (χ3n) is 3.04. The van der Waals surface area contributed by atoms with Gasteiger partial charge in [0.25, 0.3) is 0 Å². The lowest BCUT2D eigenvalue weighted by molar-refractivity contribution is -0.149. The Morgan fingerprint density at radius 2 is 2.24 bits per heavy atom. The minimum atomic E-state index is -0.938. The van der Waals surface area contributed by atoms with Gasteiger partial charge in [-0.15, -0.1) is 0 Å². The Morgan fingerprint density at radius 3 is 2.71 bits per heavy atom. The predicted molar refractivity (Wildman–Crippen MR) is 61.4 cm³/mol. The van der Waals surface area contributed by atoms with Crippen LogP contribution in [0.5, 0.6) is 0 Å². The van der Waals surface area contributed by atoms with Crippen molar-refractivity contribution in [3.05, 3.63) is 0 Å². The number of nitrogens with two attached hydrogens (primary N) is 1. The molecule has 0 aromatic heterocycles. The number of hydrogen-bond acceptors (Lipinski definition) is 4. The number of ether oxygens (including phenoxy) is 1. The van der Waals surface area contributed by atoms with Crippen LogP contribution < -0.4 is 11.1 Å². The molecular formula is C11H20N2O4. The molecule has 1 saturated heterocycles. The SMILES string of the molecule is CCC(CN)C(=O)NCC1CCC(C(=O)O)O1. The lowest BCUT2D eigenvalue weighted by Crippen LogP contribution is -2.39. The molecule has 98 valence electrons. The number of aliphatic carboxylic acids is 1. The Hall–Kier alpha value is -1.14.